The van der Waals surface area contributed by atoms with Crippen LogP contribution >= 0.6 is 0 Å². The fourth-order valence-corrected chi connectivity index (χ4v) is 4.09. The van der Waals surface area contributed by atoms with E-state index in [4.69, 9.17) is 4.74 Å². The number of alkyl halides is 3. The summed E-state index contributed by atoms with van der Waals surface area (Å²) < 4.78 is 45.0. The van der Waals surface area contributed by atoms with Crippen molar-refractivity contribution in [2.75, 3.05) is 33.3 Å². The molecule has 134 valence electrons. The minimum atomic E-state index is -4.35. The number of hydrogen-bond acceptors (Lipinski definition) is 3. The summed E-state index contributed by atoms with van der Waals surface area (Å²) in [6, 6.07) is 4.26. The third kappa shape index (κ3) is 3.86. The molecule has 1 aliphatic heterocycles. The number of hydrogen-bond donors (Lipinski definition) is 1. The Bertz CT molecular complexity index is 550. The smallest absolute Gasteiger partial charge is 0.416 e. The lowest BCUT2D eigenvalue weighted by Gasteiger charge is -2.39. The van der Waals surface area contributed by atoms with Crippen LogP contribution in [0.3, 0.4) is 0 Å². The van der Waals surface area contributed by atoms with Gasteiger partial charge in [-0.05, 0) is 42.5 Å². The number of nitrogens with zero attached hydrogens (tertiary/aromatic N) is 1. The van der Waals surface area contributed by atoms with Crippen LogP contribution in [-0.4, -0.2) is 38.2 Å². The van der Waals surface area contributed by atoms with Crippen LogP contribution in [0.1, 0.15) is 42.9 Å². The van der Waals surface area contributed by atoms with E-state index in [1.54, 1.807) is 6.07 Å². The van der Waals surface area contributed by atoms with Gasteiger partial charge in [0.25, 0.3) is 0 Å². The molecule has 6 heteroatoms. The summed E-state index contributed by atoms with van der Waals surface area (Å²) in [5, 5.41) is 3.32. The van der Waals surface area contributed by atoms with Gasteiger partial charge in [0, 0.05) is 32.2 Å². The molecule has 1 N–H and O–H groups in total. The Morgan fingerprint density at radius 2 is 1.79 bits per heavy atom. The summed E-state index contributed by atoms with van der Waals surface area (Å²) >= 11 is 0. The van der Waals surface area contributed by atoms with Gasteiger partial charge in [-0.25, -0.2) is 0 Å². The number of methoxy groups -OCH3 is 1. The molecule has 3 nitrogen and oxygen atoms in total. The molecule has 24 heavy (non-hydrogen) atoms. The van der Waals surface area contributed by atoms with Crippen molar-refractivity contribution >= 4 is 0 Å². The molecule has 2 aliphatic rings. The van der Waals surface area contributed by atoms with Crippen LogP contribution in [0.15, 0.2) is 18.2 Å². The Labute approximate surface area is 141 Å². The highest BCUT2D eigenvalue weighted by Crippen LogP contribution is 2.42. The van der Waals surface area contributed by atoms with E-state index >= 15 is 0 Å². The maximum absolute atomic E-state index is 13.3. The summed E-state index contributed by atoms with van der Waals surface area (Å²) in [6.07, 6.45) is 0.167. The zero-order valence-corrected chi connectivity index (χ0v) is 14.0. The first-order valence-corrected chi connectivity index (χ1v) is 8.70. The first-order chi connectivity index (χ1) is 11.5. The van der Waals surface area contributed by atoms with E-state index in [-0.39, 0.29) is 11.8 Å². The molecule has 0 bridgehead atoms. The fraction of sp³-hybridized carbons (Fsp3) is 0.667. The van der Waals surface area contributed by atoms with Gasteiger partial charge < -0.3 is 10.1 Å². The first kappa shape index (κ1) is 17.5. The SMILES string of the molecule is COc1cc([C@H](C2CCCC2)N2CCNCC2)cc(C(F)(F)F)c1. The van der Waals surface area contributed by atoms with Crippen molar-refractivity contribution in [3.8, 4) is 5.75 Å². The van der Waals surface area contributed by atoms with Gasteiger partial charge in [-0.3, -0.25) is 4.90 Å². The van der Waals surface area contributed by atoms with E-state index in [9.17, 15) is 13.2 Å². The van der Waals surface area contributed by atoms with Gasteiger partial charge in [0.05, 0.1) is 12.7 Å². The number of piperazine rings is 1. The van der Waals surface area contributed by atoms with E-state index < -0.39 is 11.7 Å². The average Bonchev–Trinajstić information content (AvgIpc) is 3.09. The lowest BCUT2D eigenvalue weighted by molar-refractivity contribution is -0.137. The highest BCUT2D eigenvalue weighted by molar-refractivity contribution is 5.38. The van der Waals surface area contributed by atoms with E-state index in [1.165, 1.54) is 26.0 Å². The standard InChI is InChI=1S/C18H25F3N2O/c1-24-16-11-14(10-15(12-16)18(19,20)21)17(13-4-2-3-5-13)23-8-6-22-7-9-23/h10-13,17,22H,2-9H2,1H3/t17-/m0/s1. The van der Waals surface area contributed by atoms with Crippen molar-refractivity contribution in [1.82, 2.24) is 10.2 Å². The maximum atomic E-state index is 13.3. The molecule has 0 unspecified atom stereocenters. The Hall–Kier alpha value is -1.27. The van der Waals surface area contributed by atoms with E-state index in [0.717, 1.165) is 50.7 Å². The van der Waals surface area contributed by atoms with Gasteiger partial charge >= 0.3 is 6.18 Å². The lowest BCUT2D eigenvalue weighted by atomic mass is 9.88. The molecule has 1 atom stereocenters. The number of halogens is 3. The zero-order chi connectivity index (χ0) is 17.2. The topological polar surface area (TPSA) is 24.5 Å². The van der Waals surface area contributed by atoms with E-state index in [1.807, 2.05) is 0 Å². The number of rotatable bonds is 4. The van der Waals surface area contributed by atoms with E-state index in [2.05, 4.69) is 10.2 Å². The van der Waals surface area contributed by atoms with Gasteiger partial charge in [0.1, 0.15) is 5.75 Å². The Morgan fingerprint density at radius 1 is 1.12 bits per heavy atom. The summed E-state index contributed by atoms with van der Waals surface area (Å²) in [6.45, 7) is 3.53. The molecule has 1 aromatic carbocycles. The van der Waals surface area contributed by atoms with E-state index in [0.29, 0.717) is 5.92 Å². The molecule has 0 amide bonds. The van der Waals surface area contributed by atoms with Crippen molar-refractivity contribution in [1.29, 1.82) is 0 Å². The quantitative estimate of drug-likeness (QED) is 0.899. The second-order valence-corrected chi connectivity index (χ2v) is 6.77. The minimum Gasteiger partial charge on any atom is -0.497 e. The second-order valence-electron chi connectivity index (χ2n) is 6.77. The highest BCUT2D eigenvalue weighted by Gasteiger charge is 2.36. The predicted octanol–water partition coefficient (Wildman–Crippen LogP) is 3.85. The van der Waals surface area contributed by atoms with Gasteiger partial charge in [0.15, 0.2) is 0 Å². The molecule has 3 rings (SSSR count). The molecule has 2 fully saturated rings. The van der Waals surface area contributed by atoms with Crippen LogP contribution in [0.5, 0.6) is 5.75 Å². The van der Waals surface area contributed by atoms with Gasteiger partial charge in [-0.15, -0.1) is 0 Å². The molecule has 0 radical (unpaired) electrons. The molecular weight excluding hydrogens is 317 g/mol. The van der Waals surface area contributed by atoms with Crippen molar-refractivity contribution in [2.45, 2.75) is 37.9 Å². The normalized spacial score (nSPS) is 21.8. The monoisotopic (exact) mass is 342 g/mol. The van der Waals surface area contributed by atoms with Gasteiger partial charge in [-0.1, -0.05) is 12.8 Å². The molecule has 1 saturated carbocycles. The molecular formula is C18H25F3N2O. The summed E-state index contributed by atoms with van der Waals surface area (Å²) in [5.74, 6) is 0.717. The first-order valence-electron chi connectivity index (χ1n) is 8.70. The van der Waals surface area contributed by atoms with Crippen molar-refractivity contribution in [3.63, 3.8) is 0 Å². The van der Waals surface area contributed by atoms with Crippen LogP contribution in [0.2, 0.25) is 0 Å². The minimum absolute atomic E-state index is 0.0470. The average molecular weight is 342 g/mol. The summed E-state index contributed by atoms with van der Waals surface area (Å²) in [7, 11) is 1.43. The third-order valence-electron chi connectivity index (χ3n) is 5.22. The number of nitrogens with one attached hydrogen (secondary N) is 1. The van der Waals surface area contributed by atoms with Crippen LogP contribution in [0.4, 0.5) is 13.2 Å². The molecule has 1 aliphatic carbocycles. The van der Waals surface area contributed by atoms with Crippen molar-refractivity contribution < 1.29 is 17.9 Å². The Balaban J connectivity index is 1.99. The summed E-state index contributed by atoms with van der Waals surface area (Å²) in [5.41, 5.74) is 0.130. The van der Waals surface area contributed by atoms with Crippen LogP contribution in [0, 0.1) is 5.92 Å². The summed E-state index contributed by atoms with van der Waals surface area (Å²) in [4.78, 5) is 2.35. The lowest BCUT2D eigenvalue weighted by Crippen LogP contribution is -2.46. The molecule has 0 aromatic heterocycles. The Kier molecular flexibility index (Phi) is 5.35. The Morgan fingerprint density at radius 3 is 2.38 bits per heavy atom. The fourth-order valence-electron chi connectivity index (χ4n) is 4.09. The van der Waals surface area contributed by atoms with Crippen molar-refractivity contribution in [3.05, 3.63) is 29.3 Å². The molecule has 0 spiro atoms. The third-order valence-corrected chi connectivity index (χ3v) is 5.22. The van der Waals surface area contributed by atoms with Crippen LogP contribution in [-0.2, 0) is 6.18 Å². The molecule has 1 heterocycles. The molecule has 1 saturated heterocycles. The van der Waals surface area contributed by atoms with Gasteiger partial charge in [-0.2, -0.15) is 13.2 Å². The number of ether oxygens (including phenoxy) is 1. The largest absolute Gasteiger partial charge is 0.497 e. The number of benzene rings is 1. The van der Waals surface area contributed by atoms with Crippen LogP contribution < -0.4 is 10.1 Å². The predicted molar refractivity (Wildman–Crippen MR) is 87.1 cm³/mol. The molecule has 1 aromatic rings. The highest BCUT2D eigenvalue weighted by atomic mass is 19.4. The maximum Gasteiger partial charge on any atom is 0.416 e. The van der Waals surface area contributed by atoms with Crippen LogP contribution in [0.25, 0.3) is 0 Å². The van der Waals surface area contributed by atoms with Crippen molar-refractivity contribution in [2.24, 2.45) is 5.92 Å². The van der Waals surface area contributed by atoms with Gasteiger partial charge in [0.2, 0.25) is 0 Å². The second kappa shape index (κ2) is 7.31. The zero-order valence-electron chi connectivity index (χ0n) is 14.0.